The van der Waals surface area contributed by atoms with Crippen LogP contribution in [0.5, 0.6) is 0 Å². The highest BCUT2D eigenvalue weighted by atomic mass is 35.5. The third kappa shape index (κ3) is 3.87. The molecule has 1 fully saturated rings. The van der Waals surface area contributed by atoms with Crippen LogP contribution in [0.1, 0.15) is 50.1 Å². The molecule has 0 saturated heterocycles. The average Bonchev–Trinajstić information content (AvgIpc) is 2.68. The molecule has 1 saturated carbocycles. The van der Waals surface area contributed by atoms with E-state index in [4.69, 9.17) is 23.2 Å². The third-order valence-electron chi connectivity index (χ3n) is 3.80. The van der Waals surface area contributed by atoms with Crippen molar-refractivity contribution in [1.82, 2.24) is 5.32 Å². The van der Waals surface area contributed by atoms with Crippen molar-refractivity contribution in [3.05, 3.63) is 33.8 Å². The van der Waals surface area contributed by atoms with Crippen LogP contribution in [0.25, 0.3) is 0 Å². The summed E-state index contributed by atoms with van der Waals surface area (Å²) in [6.07, 6.45) is 6.78. The molecule has 1 aliphatic carbocycles. The lowest BCUT2D eigenvalue weighted by molar-refractivity contribution is -0.140. The fourth-order valence-corrected chi connectivity index (χ4v) is 3.14. The number of rotatable bonds is 4. The van der Waals surface area contributed by atoms with Gasteiger partial charge in [0.1, 0.15) is 6.04 Å². The molecule has 5 heteroatoms. The number of benzene rings is 1. The molecule has 0 spiro atoms. The number of nitrogens with one attached hydrogen (secondary N) is 1. The Hall–Kier alpha value is -0.770. The first-order chi connectivity index (χ1) is 9.59. The molecule has 1 atom stereocenters. The first-order valence-electron chi connectivity index (χ1n) is 7.02. The maximum Gasteiger partial charge on any atom is 0.325 e. The molecule has 1 aromatic carbocycles. The molecule has 1 aliphatic rings. The minimum absolute atomic E-state index is 0.230. The maximum atomic E-state index is 11.6. The van der Waals surface area contributed by atoms with Crippen LogP contribution in [-0.2, 0) is 4.79 Å². The molecular formula is C15H19Cl2NO2. The van der Waals surface area contributed by atoms with Crippen molar-refractivity contribution in [2.75, 3.05) is 0 Å². The SMILES string of the molecule is O=C(O)C(NC1CCCCCC1)c1cccc(Cl)c1Cl. The van der Waals surface area contributed by atoms with E-state index in [1.807, 2.05) is 0 Å². The third-order valence-corrected chi connectivity index (χ3v) is 4.63. The molecule has 20 heavy (non-hydrogen) atoms. The molecule has 2 rings (SSSR count). The zero-order chi connectivity index (χ0) is 14.5. The molecule has 0 aliphatic heterocycles. The highest BCUT2D eigenvalue weighted by Gasteiger charge is 2.26. The minimum atomic E-state index is -0.918. The van der Waals surface area contributed by atoms with E-state index in [1.54, 1.807) is 18.2 Å². The van der Waals surface area contributed by atoms with E-state index >= 15 is 0 Å². The summed E-state index contributed by atoms with van der Waals surface area (Å²) in [5.74, 6) is -0.918. The Morgan fingerprint density at radius 2 is 1.85 bits per heavy atom. The van der Waals surface area contributed by atoms with Gasteiger partial charge in [0.25, 0.3) is 0 Å². The van der Waals surface area contributed by atoms with E-state index in [0.29, 0.717) is 15.6 Å². The van der Waals surface area contributed by atoms with E-state index in [-0.39, 0.29) is 6.04 Å². The number of hydrogen-bond donors (Lipinski definition) is 2. The van der Waals surface area contributed by atoms with E-state index in [0.717, 1.165) is 25.7 Å². The van der Waals surface area contributed by atoms with Crippen molar-refractivity contribution in [1.29, 1.82) is 0 Å². The predicted molar refractivity (Wildman–Crippen MR) is 81.5 cm³/mol. The summed E-state index contributed by atoms with van der Waals surface area (Å²) in [5.41, 5.74) is 0.538. The molecule has 0 bridgehead atoms. The minimum Gasteiger partial charge on any atom is -0.480 e. The number of carboxylic acids is 1. The normalized spacial score (nSPS) is 18.5. The lowest BCUT2D eigenvalue weighted by Gasteiger charge is -2.23. The molecule has 0 heterocycles. The van der Waals surface area contributed by atoms with Crippen molar-refractivity contribution in [3.63, 3.8) is 0 Å². The van der Waals surface area contributed by atoms with E-state index in [1.165, 1.54) is 12.8 Å². The van der Waals surface area contributed by atoms with Crippen LogP contribution in [0, 0.1) is 0 Å². The van der Waals surface area contributed by atoms with Crippen LogP contribution < -0.4 is 5.32 Å². The van der Waals surface area contributed by atoms with E-state index in [2.05, 4.69) is 5.32 Å². The molecule has 1 aromatic rings. The van der Waals surface area contributed by atoms with Gasteiger partial charge in [0, 0.05) is 11.6 Å². The van der Waals surface area contributed by atoms with Crippen LogP contribution in [0.2, 0.25) is 10.0 Å². The van der Waals surface area contributed by atoms with Gasteiger partial charge in [0.05, 0.1) is 10.0 Å². The number of hydrogen-bond acceptors (Lipinski definition) is 2. The molecule has 2 N–H and O–H groups in total. The van der Waals surface area contributed by atoms with Gasteiger partial charge in [-0.25, -0.2) is 0 Å². The van der Waals surface area contributed by atoms with E-state index < -0.39 is 12.0 Å². The van der Waals surface area contributed by atoms with Crippen molar-refractivity contribution in [2.45, 2.75) is 50.6 Å². The molecule has 0 amide bonds. The first-order valence-corrected chi connectivity index (χ1v) is 7.78. The van der Waals surface area contributed by atoms with Gasteiger partial charge in [-0.1, -0.05) is 61.0 Å². The van der Waals surface area contributed by atoms with Gasteiger partial charge in [0.15, 0.2) is 0 Å². The Kier molecular flexibility index (Phi) is 5.70. The Bertz CT molecular complexity index is 471. The number of aliphatic carboxylic acids is 1. The van der Waals surface area contributed by atoms with Crippen molar-refractivity contribution in [2.24, 2.45) is 0 Å². The lowest BCUT2D eigenvalue weighted by Crippen LogP contribution is -2.37. The second kappa shape index (κ2) is 7.30. The number of carbonyl (C=O) groups is 1. The van der Waals surface area contributed by atoms with Crippen molar-refractivity contribution in [3.8, 4) is 0 Å². The predicted octanol–water partition coefficient (Wildman–Crippen LogP) is 4.43. The number of carboxylic acid groups (broad SMARTS) is 1. The second-order valence-corrected chi connectivity index (χ2v) is 6.05. The van der Waals surface area contributed by atoms with Crippen LogP contribution in [0.4, 0.5) is 0 Å². The molecule has 1 unspecified atom stereocenters. The van der Waals surface area contributed by atoms with E-state index in [9.17, 15) is 9.90 Å². The molecule has 110 valence electrons. The summed E-state index contributed by atoms with van der Waals surface area (Å²) < 4.78 is 0. The van der Waals surface area contributed by atoms with Gasteiger partial charge in [-0.05, 0) is 18.9 Å². The zero-order valence-electron chi connectivity index (χ0n) is 11.2. The van der Waals surface area contributed by atoms with Gasteiger partial charge in [0.2, 0.25) is 0 Å². The van der Waals surface area contributed by atoms with Crippen molar-refractivity contribution >= 4 is 29.2 Å². The van der Waals surface area contributed by atoms with Gasteiger partial charge in [-0.3, -0.25) is 10.1 Å². The summed E-state index contributed by atoms with van der Waals surface area (Å²) in [7, 11) is 0. The zero-order valence-corrected chi connectivity index (χ0v) is 12.8. The fourth-order valence-electron chi connectivity index (χ4n) is 2.72. The van der Waals surface area contributed by atoms with Gasteiger partial charge < -0.3 is 5.11 Å². The maximum absolute atomic E-state index is 11.6. The standard InChI is InChI=1S/C15H19Cl2NO2/c16-12-9-5-8-11(13(12)17)14(15(19)20)18-10-6-3-1-2-4-7-10/h5,8-10,14,18H,1-4,6-7H2,(H,19,20). The molecule has 3 nitrogen and oxygen atoms in total. The Morgan fingerprint density at radius 1 is 1.20 bits per heavy atom. The Balaban J connectivity index is 2.18. The largest absolute Gasteiger partial charge is 0.480 e. The highest BCUT2D eigenvalue weighted by Crippen LogP contribution is 2.31. The monoisotopic (exact) mass is 315 g/mol. The van der Waals surface area contributed by atoms with Gasteiger partial charge >= 0.3 is 5.97 Å². The summed E-state index contributed by atoms with van der Waals surface area (Å²) in [4.78, 5) is 11.6. The Morgan fingerprint density at radius 3 is 2.45 bits per heavy atom. The summed E-state index contributed by atoms with van der Waals surface area (Å²) in [6.45, 7) is 0. The summed E-state index contributed by atoms with van der Waals surface area (Å²) in [5, 5.41) is 13.4. The van der Waals surface area contributed by atoms with Crippen molar-refractivity contribution < 1.29 is 9.90 Å². The average molecular weight is 316 g/mol. The summed E-state index contributed by atoms with van der Waals surface area (Å²) in [6, 6.07) is 4.54. The van der Waals surface area contributed by atoms with Crippen LogP contribution in [0.15, 0.2) is 18.2 Å². The second-order valence-electron chi connectivity index (χ2n) is 5.27. The molecule has 0 aromatic heterocycles. The van der Waals surface area contributed by atoms with Gasteiger partial charge in [-0.2, -0.15) is 0 Å². The highest BCUT2D eigenvalue weighted by molar-refractivity contribution is 6.42. The fraction of sp³-hybridized carbons (Fsp3) is 0.533. The lowest BCUT2D eigenvalue weighted by atomic mass is 10.0. The van der Waals surface area contributed by atoms with Gasteiger partial charge in [-0.15, -0.1) is 0 Å². The van der Waals surface area contributed by atoms with Crippen LogP contribution in [0.3, 0.4) is 0 Å². The van der Waals surface area contributed by atoms with Crippen LogP contribution in [-0.4, -0.2) is 17.1 Å². The number of halogens is 2. The summed E-state index contributed by atoms with van der Waals surface area (Å²) >= 11 is 12.1. The Labute approximate surface area is 129 Å². The smallest absolute Gasteiger partial charge is 0.325 e. The molecule has 0 radical (unpaired) electrons. The van der Waals surface area contributed by atoms with Crippen LogP contribution >= 0.6 is 23.2 Å². The topological polar surface area (TPSA) is 49.3 Å². The molecular weight excluding hydrogens is 297 g/mol. The quantitative estimate of drug-likeness (QED) is 0.808. The first kappa shape index (κ1) is 15.6.